The molecule has 0 saturated heterocycles. The summed E-state index contributed by atoms with van der Waals surface area (Å²) in [6.07, 6.45) is 0. The second kappa shape index (κ2) is 4.73. The first-order valence-electron chi connectivity index (χ1n) is 6.60. The molecule has 1 aromatic carbocycles. The number of nitrogens with one attached hydrogen (secondary N) is 1. The quantitative estimate of drug-likeness (QED) is 0.901. The van der Waals surface area contributed by atoms with Gasteiger partial charge in [-0.1, -0.05) is 33.8 Å². The van der Waals surface area contributed by atoms with Gasteiger partial charge in [-0.25, -0.2) is 4.98 Å². The highest BCUT2D eigenvalue weighted by atomic mass is 15.1. The first kappa shape index (κ1) is 13.1. The maximum absolute atomic E-state index is 4.79. The summed E-state index contributed by atoms with van der Waals surface area (Å²) in [7, 11) is 2.10. The number of hydrogen-bond acceptors (Lipinski definition) is 2. The molecule has 1 heterocycles. The van der Waals surface area contributed by atoms with Crippen molar-refractivity contribution < 1.29 is 0 Å². The number of hydrogen-bond donors (Lipinski definition) is 1. The van der Waals surface area contributed by atoms with E-state index < -0.39 is 0 Å². The Kier molecular flexibility index (Phi) is 3.44. The van der Waals surface area contributed by atoms with Gasteiger partial charge >= 0.3 is 0 Å². The summed E-state index contributed by atoms with van der Waals surface area (Å²) < 4.78 is 2.20. The van der Waals surface area contributed by atoms with Crippen molar-refractivity contribution in [2.75, 3.05) is 6.54 Å². The van der Waals surface area contributed by atoms with E-state index in [0.29, 0.717) is 0 Å². The van der Waals surface area contributed by atoms with E-state index in [-0.39, 0.29) is 5.41 Å². The van der Waals surface area contributed by atoms with Gasteiger partial charge in [0.25, 0.3) is 0 Å². The van der Waals surface area contributed by atoms with Crippen LogP contribution in [-0.4, -0.2) is 16.1 Å². The molecule has 3 heteroatoms. The first-order valence-corrected chi connectivity index (χ1v) is 6.60. The van der Waals surface area contributed by atoms with E-state index in [1.165, 1.54) is 11.1 Å². The Morgan fingerprint density at radius 2 is 2.00 bits per heavy atom. The molecule has 2 aromatic rings. The van der Waals surface area contributed by atoms with Crippen molar-refractivity contribution in [2.24, 2.45) is 7.05 Å². The first-order chi connectivity index (χ1) is 8.43. The summed E-state index contributed by atoms with van der Waals surface area (Å²) >= 11 is 0. The highest BCUT2D eigenvalue weighted by Gasteiger charge is 2.21. The molecule has 18 heavy (non-hydrogen) atoms. The van der Waals surface area contributed by atoms with Gasteiger partial charge in [-0.15, -0.1) is 0 Å². The third kappa shape index (κ3) is 2.41. The van der Waals surface area contributed by atoms with E-state index in [1.54, 1.807) is 0 Å². The summed E-state index contributed by atoms with van der Waals surface area (Å²) in [5.41, 5.74) is 3.68. The molecule has 0 unspecified atom stereocenters. The van der Waals surface area contributed by atoms with Gasteiger partial charge in [-0.2, -0.15) is 0 Å². The Balaban J connectivity index is 2.45. The third-order valence-corrected chi connectivity index (χ3v) is 3.20. The molecule has 0 aliphatic heterocycles. The van der Waals surface area contributed by atoms with Crippen LogP contribution in [0, 0.1) is 0 Å². The standard InChI is InChI=1S/C15H23N3/c1-6-16-10-11-7-8-13-12(9-11)17-14(18(13)5)15(2,3)4/h7-9,16H,6,10H2,1-5H3. The maximum Gasteiger partial charge on any atom is 0.115 e. The Bertz CT molecular complexity index is 547. The lowest BCUT2D eigenvalue weighted by molar-refractivity contribution is 0.526. The van der Waals surface area contributed by atoms with Gasteiger partial charge in [0.15, 0.2) is 0 Å². The van der Waals surface area contributed by atoms with Crippen molar-refractivity contribution in [2.45, 2.75) is 39.7 Å². The molecule has 0 saturated carbocycles. The summed E-state index contributed by atoms with van der Waals surface area (Å²) in [6.45, 7) is 10.6. The number of aryl methyl sites for hydroxylation is 1. The van der Waals surface area contributed by atoms with Crippen LogP contribution in [0.4, 0.5) is 0 Å². The van der Waals surface area contributed by atoms with Crippen LogP contribution in [0.25, 0.3) is 11.0 Å². The van der Waals surface area contributed by atoms with Crippen molar-refractivity contribution in [3.05, 3.63) is 29.6 Å². The van der Waals surface area contributed by atoms with E-state index >= 15 is 0 Å². The zero-order chi connectivity index (χ0) is 13.3. The Morgan fingerprint density at radius 3 is 2.61 bits per heavy atom. The summed E-state index contributed by atoms with van der Waals surface area (Å²) in [4.78, 5) is 4.79. The van der Waals surface area contributed by atoms with Crippen molar-refractivity contribution in [1.82, 2.24) is 14.9 Å². The lowest BCUT2D eigenvalue weighted by Crippen LogP contribution is -2.17. The zero-order valence-corrected chi connectivity index (χ0v) is 12.0. The number of aromatic nitrogens is 2. The van der Waals surface area contributed by atoms with Crippen LogP contribution < -0.4 is 5.32 Å². The third-order valence-electron chi connectivity index (χ3n) is 3.20. The minimum atomic E-state index is 0.0790. The highest BCUT2D eigenvalue weighted by Crippen LogP contribution is 2.25. The Labute approximate surface area is 109 Å². The minimum Gasteiger partial charge on any atom is -0.331 e. The average molecular weight is 245 g/mol. The molecular formula is C15H23N3. The second-order valence-corrected chi connectivity index (χ2v) is 5.85. The molecule has 0 aliphatic carbocycles. The van der Waals surface area contributed by atoms with Crippen LogP contribution in [0.15, 0.2) is 18.2 Å². The second-order valence-electron chi connectivity index (χ2n) is 5.85. The predicted molar refractivity (Wildman–Crippen MR) is 76.8 cm³/mol. The molecule has 2 rings (SSSR count). The molecule has 3 nitrogen and oxygen atoms in total. The SMILES string of the molecule is CCNCc1ccc2c(c1)nc(C(C)(C)C)n2C. The van der Waals surface area contributed by atoms with Gasteiger partial charge in [-0.05, 0) is 24.2 Å². The largest absolute Gasteiger partial charge is 0.331 e. The van der Waals surface area contributed by atoms with E-state index in [2.05, 4.69) is 62.8 Å². The van der Waals surface area contributed by atoms with Crippen LogP contribution in [0.5, 0.6) is 0 Å². The number of nitrogens with zero attached hydrogens (tertiary/aromatic N) is 2. The fourth-order valence-electron chi connectivity index (χ4n) is 2.30. The lowest BCUT2D eigenvalue weighted by Gasteiger charge is -2.17. The van der Waals surface area contributed by atoms with Crippen LogP contribution in [0.2, 0.25) is 0 Å². The van der Waals surface area contributed by atoms with Crippen LogP contribution in [0.1, 0.15) is 39.1 Å². The molecule has 0 aliphatic rings. The van der Waals surface area contributed by atoms with Gasteiger partial charge < -0.3 is 9.88 Å². The van der Waals surface area contributed by atoms with Crippen LogP contribution in [-0.2, 0) is 19.0 Å². The highest BCUT2D eigenvalue weighted by molar-refractivity contribution is 5.77. The molecule has 1 aromatic heterocycles. The van der Waals surface area contributed by atoms with Crippen molar-refractivity contribution in [1.29, 1.82) is 0 Å². The monoisotopic (exact) mass is 245 g/mol. The lowest BCUT2D eigenvalue weighted by atomic mass is 9.96. The maximum atomic E-state index is 4.79. The van der Waals surface area contributed by atoms with Crippen LogP contribution in [0.3, 0.4) is 0 Å². The average Bonchev–Trinajstić information content (AvgIpc) is 2.63. The molecular weight excluding hydrogens is 222 g/mol. The summed E-state index contributed by atoms with van der Waals surface area (Å²) in [5, 5.41) is 3.35. The van der Waals surface area contributed by atoms with Gasteiger partial charge in [0, 0.05) is 19.0 Å². The zero-order valence-electron chi connectivity index (χ0n) is 12.0. The normalized spacial score (nSPS) is 12.3. The molecule has 1 N–H and O–H groups in total. The van der Waals surface area contributed by atoms with Crippen molar-refractivity contribution >= 4 is 11.0 Å². The van der Waals surface area contributed by atoms with Crippen LogP contribution >= 0.6 is 0 Å². The minimum absolute atomic E-state index is 0.0790. The number of rotatable bonds is 3. The number of benzene rings is 1. The van der Waals surface area contributed by atoms with Gasteiger partial charge in [-0.3, -0.25) is 0 Å². The number of fused-ring (bicyclic) bond motifs is 1. The summed E-state index contributed by atoms with van der Waals surface area (Å²) in [6, 6.07) is 6.54. The van der Waals surface area contributed by atoms with E-state index in [1.807, 2.05) is 0 Å². The molecule has 0 amide bonds. The Morgan fingerprint density at radius 1 is 1.28 bits per heavy atom. The Hall–Kier alpha value is -1.35. The van der Waals surface area contributed by atoms with Gasteiger partial charge in [0.1, 0.15) is 5.82 Å². The van der Waals surface area contributed by atoms with Crippen molar-refractivity contribution in [3.8, 4) is 0 Å². The van der Waals surface area contributed by atoms with Gasteiger partial charge in [0.05, 0.1) is 11.0 Å². The summed E-state index contributed by atoms with van der Waals surface area (Å²) in [5.74, 6) is 1.14. The molecule has 0 radical (unpaired) electrons. The topological polar surface area (TPSA) is 29.9 Å². The molecule has 0 spiro atoms. The van der Waals surface area contributed by atoms with E-state index in [0.717, 1.165) is 24.4 Å². The van der Waals surface area contributed by atoms with E-state index in [9.17, 15) is 0 Å². The number of imidazole rings is 1. The molecule has 98 valence electrons. The smallest absolute Gasteiger partial charge is 0.115 e. The van der Waals surface area contributed by atoms with Gasteiger partial charge in [0.2, 0.25) is 0 Å². The van der Waals surface area contributed by atoms with Crippen molar-refractivity contribution in [3.63, 3.8) is 0 Å². The fraction of sp³-hybridized carbons (Fsp3) is 0.533. The fourth-order valence-corrected chi connectivity index (χ4v) is 2.30. The predicted octanol–water partition coefficient (Wildman–Crippen LogP) is 2.98. The van der Waals surface area contributed by atoms with E-state index in [4.69, 9.17) is 4.98 Å². The molecule has 0 fully saturated rings. The molecule has 0 atom stereocenters. The molecule has 0 bridgehead atoms.